The van der Waals surface area contributed by atoms with Crippen molar-refractivity contribution in [2.45, 2.75) is 33.0 Å². The predicted octanol–water partition coefficient (Wildman–Crippen LogP) is 4.81. The first-order valence-corrected chi connectivity index (χ1v) is 10.2. The molecule has 1 aromatic heterocycles. The number of halogens is 3. The first-order valence-electron chi connectivity index (χ1n) is 10.2. The second-order valence-electron chi connectivity index (χ2n) is 7.88. The predicted molar refractivity (Wildman–Crippen MR) is 116 cm³/mol. The Morgan fingerprint density at radius 3 is 2.48 bits per heavy atom. The summed E-state index contributed by atoms with van der Waals surface area (Å²) in [6.07, 6.45) is -3.03. The van der Waals surface area contributed by atoms with Gasteiger partial charge in [0.25, 0.3) is 5.91 Å². The van der Waals surface area contributed by atoms with Gasteiger partial charge in [0, 0.05) is 49.7 Å². The maximum atomic E-state index is 13.3. The van der Waals surface area contributed by atoms with E-state index < -0.39 is 11.7 Å². The molecule has 166 valence electrons. The summed E-state index contributed by atoms with van der Waals surface area (Å²) >= 11 is 0. The van der Waals surface area contributed by atoms with Crippen LogP contribution in [-0.2, 0) is 11.0 Å². The summed E-state index contributed by atoms with van der Waals surface area (Å²) in [6, 6.07) is 8.36. The van der Waals surface area contributed by atoms with Crippen molar-refractivity contribution < 1.29 is 18.0 Å². The number of carbonyl (C=O) groups is 1. The number of pyridine rings is 1. The van der Waals surface area contributed by atoms with Crippen LogP contribution in [0.25, 0.3) is 0 Å². The topological polar surface area (TPSA) is 48.5 Å². The molecule has 1 fully saturated rings. The number of benzene rings is 1. The minimum atomic E-state index is -4.43. The number of alkyl halides is 3. The zero-order chi connectivity index (χ0) is 22.8. The first-order chi connectivity index (χ1) is 14.6. The lowest BCUT2D eigenvalue weighted by molar-refractivity contribution is -0.137. The number of hydrogen-bond donors (Lipinski definition) is 1. The van der Waals surface area contributed by atoms with E-state index in [1.54, 1.807) is 11.8 Å². The normalized spacial score (nSPS) is 16.1. The third-order valence-electron chi connectivity index (χ3n) is 5.63. The van der Waals surface area contributed by atoms with E-state index in [0.29, 0.717) is 31.8 Å². The van der Waals surface area contributed by atoms with Gasteiger partial charge in [0.2, 0.25) is 0 Å². The van der Waals surface area contributed by atoms with E-state index in [-0.39, 0.29) is 17.8 Å². The van der Waals surface area contributed by atoms with Crippen LogP contribution in [-0.4, -0.2) is 42.0 Å². The Labute approximate surface area is 180 Å². The Bertz CT molecular complexity index is 966. The highest BCUT2D eigenvalue weighted by Gasteiger charge is 2.36. The summed E-state index contributed by atoms with van der Waals surface area (Å²) in [7, 11) is 0. The Kier molecular flexibility index (Phi) is 6.69. The molecular formula is C23H27F3N4O. The number of hydrogen-bond acceptors (Lipinski definition) is 4. The average Bonchev–Trinajstić information content (AvgIpc) is 2.74. The molecule has 1 aliphatic heterocycles. The number of nitrogens with one attached hydrogen (secondary N) is 1. The van der Waals surface area contributed by atoms with E-state index in [1.807, 2.05) is 25.1 Å². The van der Waals surface area contributed by atoms with Crippen LogP contribution in [0.15, 0.2) is 48.7 Å². The smallest absolute Gasteiger partial charge is 0.354 e. The molecule has 8 heteroatoms. The molecule has 2 heterocycles. The Hall–Kier alpha value is -2.87. The van der Waals surface area contributed by atoms with Gasteiger partial charge in [-0.2, -0.15) is 13.2 Å². The Morgan fingerprint density at radius 2 is 1.87 bits per heavy atom. The number of amides is 1. The molecule has 0 bridgehead atoms. The third kappa shape index (κ3) is 5.25. The van der Waals surface area contributed by atoms with Crippen molar-refractivity contribution in [1.82, 2.24) is 9.88 Å². The third-order valence-corrected chi connectivity index (χ3v) is 5.63. The minimum Gasteiger partial charge on any atom is -0.354 e. The van der Waals surface area contributed by atoms with Crippen molar-refractivity contribution >= 4 is 17.4 Å². The molecule has 0 spiro atoms. The second-order valence-corrected chi connectivity index (χ2v) is 7.88. The zero-order valence-electron chi connectivity index (χ0n) is 18.0. The lowest BCUT2D eigenvalue weighted by Gasteiger charge is -2.39. The van der Waals surface area contributed by atoms with Crippen LogP contribution in [0.2, 0.25) is 0 Å². The van der Waals surface area contributed by atoms with Crippen LogP contribution in [0.5, 0.6) is 0 Å². The molecule has 2 aromatic rings. The van der Waals surface area contributed by atoms with Gasteiger partial charge >= 0.3 is 6.18 Å². The fourth-order valence-electron chi connectivity index (χ4n) is 3.67. The molecular weight excluding hydrogens is 405 g/mol. The second kappa shape index (κ2) is 9.09. The molecule has 1 N–H and O–H groups in total. The monoisotopic (exact) mass is 432 g/mol. The van der Waals surface area contributed by atoms with Crippen LogP contribution in [0.3, 0.4) is 0 Å². The van der Waals surface area contributed by atoms with Crippen molar-refractivity contribution in [3.05, 3.63) is 65.4 Å². The largest absolute Gasteiger partial charge is 0.419 e. The number of piperazine rings is 1. The number of nitrogens with zero attached hydrogens (tertiary/aromatic N) is 3. The van der Waals surface area contributed by atoms with Crippen LogP contribution in [0.4, 0.5) is 24.7 Å². The Balaban J connectivity index is 1.71. The molecule has 0 aliphatic carbocycles. The molecule has 1 aromatic carbocycles. The van der Waals surface area contributed by atoms with Gasteiger partial charge in [0.1, 0.15) is 5.82 Å². The van der Waals surface area contributed by atoms with Gasteiger partial charge in [-0.05, 0) is 50.1 Å². The van der Waals surface area contributed by atoms with Crippen molar-refractivity contribution in [1.29, 1.82) is 0 Å². The number of aryl methyl sites for hydroxylation is 1. The van der Waals surface area contributed by atoms with Gasteiger partial charge in [0.05, 0.1) is 5.56 Å². The SMILES string of the molecule is C=C(C)C(=O)Nc1cc(C(C)N2CCN(c3ncccc3C(F)(F)F)CC2)ccc1C. The van der Waals surface area contributed by atoms with E-state index in [4.69, 9.17) is 0 Å². The first kappa shape index (κ1) is 22.8. The van der Waals surface area contributed by atoms with Gasteiger partial charge in [-0.25, -0.2) is 4.98 Å². The van der Waals surface area contributed by atoms with E-state index in [2.05, 4.69) is 28.7 Å². The van der Waals surface area contributed by atoms with E-state index in [9.17, 15) is 18.0 Å². The van der Waals surface area contributed by atoms with Crippen LogP contribution < -0.4 is 10.2 Å². The fraction of sp³-hybridized carbons (Fsp3) is 0.391. The van der Waals surface area contributed by atoms with Crippen LogP contribution in [0, 0.1) is 6.92 Å². The van der Waals surface area contributed by atoms with Crippen molar-refractivity contribution in [3.8, 4) is 0 Å². The molecule has 0 radical (unpaired) electrons. The van der Waals surface area contributed by atoms with Crippen LogP contribution >= 0.6 is 0 Å². The number of carbonyl (C=O) groups excluding carboxylic acids is 1. The number of aromatic nitrogens is 1. The van der Waals surface area contributed by atoms with E-state index >= 15 is 0 Å². The molecule has 1 aliphatic rings. The molecule has 1 atom stereocenters. The molecule has 3 rings (SSSR count). The minimum absolute atomic E-state index is 0.0116. The quantitative estimate of drug-likeness (QED) is 0.689. The number of anilines is 2. The molecule has 5 nitrogen and oxygen atoms in total. The average molecular weight is 432 g/mol. The summed E-state index contributed by atoms with van der Waals surface area (Å²) in [6.45, 7) is 11.4. The lowest BCUT2D eigenvalue weighted by Crippen LogP contribution is -2.48. The fourth-order valence-corrected chi connectivity index (χ4v) is 3.67. The highest BCUT2D eigenvalue weighted by atomic mass is 19.4. The van der Waals surface area contributed by atoms with Gasteiger partial charge in [-0.1, -0.05) is 18.7 Å². The molecule has 1 unspecified atom stereocenters. The molecule has 1 amide bonds. The molecule has 0 saturated carbocycles. The molecule has 1 saturated heterocycles. The van der Waals surface area contributed by atoms with Crippen molar-refractivity contribution in [2.75, 3.05) is 36.4 Å². The van der Waals surface area contributed by atoms with E-state index in [1.165, 1.54) is 12.3 Å². The molecule has 31 heavy (non-hydrogen) atoms. The van der Waals surface area contributed by atoms with Gasteiger partial charge in [0.15, 0.2) is 0 Å². The highest BCUT2D eigenvalue weighted by molar-refractivity contribution is 6.03. The van der Waals surface area contributed by atoms with Crippen molar-refractivity contribution in [2.24, 2.45) is 0 Å². The standard InChI is InChI=1S/C23H27F3N4O/c1-15(2)22(31)28-20-14-18(8-7-16(20)3)17(4)29-10-12-30(13-11-29)21-19(23(24,25)26)6-5-9-27-21/h5-9,14,17H,1,10-13H2,2-4H3,(H,28,31). The maximum Gasteiger partial charge on any atom is 0.419 e. The van der Waals surface area contributed by atoms with E-state index in [0.717, 1.165) is 22.9 Å². The maximum absolute atomic E-state index is 13.3. The van der Waals surface area contributed by atoms with Gasteiger partial charge in [-0.15, -0.1) is 0 Å². The summed E-state index contributed by atoms with van der Waals surface area (Å²) in [5.41, 5.74) is 2.45. The lowest BCUT2D eigenvalue weighted by atomic mass is 10.0. The summed E-state index contributed by atoms with van der Waals surface area (Å²) in [5, 5.41) is 2.88. The number of rotatable bonds is 5. The Morgan fingerprint density at radius 1 is 1.19 bits per heavy atom. The highest BCUT2D eigenvalue weighted by Crippen LogP contribution is 2.36. The zero-order valence-corrected chi connectivity index (χ0v) is 18.0. The summed E-state index contributed by atoms with van der Waals surface area (Å²) < 4.78 is 40.0. The van der Waals surface area contributed by atoms with Crippen LogP contribution in [0.1, 0.15) is 36.6 Å². The summed E-state index contributed by atoms with van der Waals surface area (Å²) in [5.74, 6) is -0.236. The van der Waals surface area contributed by atoms with Gasteiger partial charge < -0.3 is 10.2 Å². The summed E-state index contributed by atoms with van der Waals surface area (Å²) in [4.78, 5) is 19.9. The van der Waals surface area contributed by atoms with Crippen molar-refractivity contribution in [3.63, 3.8) is 0 Å². The van der Waals surface area contributed by atoms with Gasteiger partial charge in [-0.3, -0.25) is 9.69 Å².